The highest BCUT2D eigenvalue weighted by Gasteiger charge is 2.30. The lowest BCUT2D eigenvalue weighted by molar-refractivity contribution is 0.102. The van der Waals surface area contributed by atoms with E-state index in [4.69, 9.17) is 11.6 Å². The largest absolute Gasteiger partial charge is 0.322 e. The van der Waals surface area contributed by atoms with Crippen molar-refractivity contribution in [2.24, 2.45) is 5.92 Å². The molecule has 1 aromatic heterocycles. The number of halogens is 1. The van der Waals surface area contributed by atoms with Gasteiger partial charge in [0, 0.05) is 36.7 Å². The third-order valence-electron chi connectivity index (χ3n) is 5.55. The van der Waals surface area contributed by atoms with Gasteiger partial charge >= 0.3 is 0 Å². The predicted octanol–water partition coefficient (Wildman–Crippen LogP) is 4.26. The van der Waals surface area contributed by atoms with Crippen LogP contribution in [-0.2, 0) is 16.6 Å². The molecule has 32 heavy (non-hydrogen) atoms. The molecular weight excluding hydrogens is 448 g/mol. The van der Waals surface area contributed by atoms with Crippen LogP contribution in [0.1, 0.15) is 35.7 Å². The Bertz CT molecular complexity index is 1190. The molecular formula is C23H25ClN4O3S. The molecule has 1 fully saturated rings. The third-order valence-corrected chi connectivity index (χ3v) is 7.89. The molecule has 4 rings (SSSR count). The van der Waals surface area contributed by atoms with Crippen molar-refractivity contribution in [3.05, 3.63) is 77.1 Å². The number of rotatable bonds is 6. The number of anilines is 1. The Balaban J connectivity index is 1.49. The van der Waals surface area contributed by atoms with Crippen LogP contribution in [0.3, 0.4) is 0 Å². The van der Waals surface area contributed by atoms with Crippen LogP contribution in [0, 0.1) is 5.92 Å². The summed E-state index contributed by atoms with van der Waals surface area (Å²) in [4.78, 5) is 12.8. The average molecular weight is 473 g/mol. The van der Waals surface area contributed by atoms with Crippen LogP contribution in [0.2, 0.25) is 5.02 Å². The molecule has 1 amide bonds. The summed E-state index contributed by atoms with van der Waals surface area (Å²) < 4.78 is 29.6. The number of carbonyl (C=O) groups excluding carboxylic acids is 1. The second kappa shape index (κ2) is 9.44. The lowest BCUT2D eigenvalue weighted by Gasteiger charge is -2.30. The van der Waals surface area contributed by atoms with E-state index in [0.717, 1.165) is 18.4 Å². The monoisotopic (exact) mass is 472 g/mol. The molecule has 0 radical (unpaired) electrons. The van der Waals surface area contributed by atoms with E-state index < -0.39 is 15.9 Å². The van der Waals surface area contributed by atoms with E-state index in [1.807, 2.05) is 36.0 Å². The van der Waals surface area contributed by atoms with E-state index in [2.05, 4.69) is 10.4 Å². The van der Waals surface area contributed by atoms with E-state index >= 15 is 0 Å². The Labute approximate surface area is 193 Å². The minimum Gasteiger partial charge on any atom is -0.322 e. The fourth-order valence-corrected chi connectivity index (χ4v) is 5.92. The SMILES string of the molecule is CC1CCCN(S(=O)(=O)c2cc(C(=O)Nc3ccc(Cn4cccn4)cc3)ccc2Cl)C1. The topological polar surface area (TPSA) is 84.3 Å². The Morgan fingerprint density at radius 2 is 2.00 bits per heavy atom. The van der Waals surface area contributed by atoms with Gasteiger partial charge in [0.1, 0.15) is 4.90 Å². The Hall–Kier alpha value is -2.68. The highest BCUT2D eigenvalue weighted by atomic mass is 35.5. The first kappa shape index (κ1) is 22.5. The molecule has 3 aromatic rings. The number of nitrogens with zero attached hydrogens (tertiary/aromatic N) is 3. The van der Waals surface area contributed by atoms with Gasteiger partial charge in [-0.2, -0.15) is 9.40 Å². The first-order valence-electron chi connectivity index (χ1n) is 10.5. The minimum atomic E-state index is -3.77. The standard InChI is InChI=1S/C23H25ClN4O3S/c1-17-4-2-13-28(15-17)32(30,31)22-14-19(7-10-21(22)24)23(29)26-20-8-5-18(6-9-20)16-27-12-3-11-25-27/h3,5-12,14,17H,2,4,13,15-16H2,1H3,(H,26,29). The molecule has 0 bridgehead atoms. The molecule has 9 heteroatoms. The van der Waals surface area contributed by atoms with Crippen LogP contribution < -0.4 is 5.32 Å². The molecule has 168 valence electrons. The zero-order valence-corrected chi connectivity index (χ0v) is 19.3. The lowest BCUT2D eigenvalue weighted by Crippen LogP contribution is -2.39. The molecule has 1 aliphatic heterocycles. The Kier molecular flexibility index (Phi) is 6.64. The summed E-state index contributed by atoms with van der Waals surface area (Å²) in [6.07, 6.45) is 5.42. The Morgan fingerprint density at radius 3 is 2.69 bits per heavy atom. The van der Waals surface area contributed by atoms with Crippen LogP contribution in [0.4, 0.5) is 5.69 Å². The quantitative estimate of drug-likeness (QED) is 0.581. The highest BCUT2D eigenvalue weighted by molar-refractivity contribution is 7.89. The number of nitrogens with one attached hydrogen (secondary N) is 1. The van der Waals surface area contributed by atoms with Crippen LogP contribution in [0.5, 0.6) is 0 Å². The average Bonchev–Trinajstić information content (AvgIpc) is 3.28. The predicted molar refractivity (Wildman–Crippen MR) is 124 cm³/mol. The molecule has 0 spiro atoms. The second-order valence-corrected chi connectivity index (χ2v) is 10.4. The molecule has 1 unspecified atom stereocenters. The fraction of sp³-hybridized carbons (Fsp3) is 0.304. The minimum absolute atomic E-state index is 0.0320. The number of amides is 1. The molecule has 1 N–H and O–H groups in total. The van der Waals surface area contributed by atoms with Gasteiger partial charge < -0.3 is 5.32 Å². The second-order valence-electron chi connectivity index (χ2n) is 8.11. The third kappa shape index (κ3) is 5.03. The summed E-state index contributed by atoms with van der Waals surface area (Å²) in [7, 11) is -3.77. The van der Waals surface area contributed by atoms with E-state index in [0.29, 0.717) is 31.2 Å². The number of sulfonamides is 1. The number of benzene rings is 2. The van der Waals surface area contributed by atoms with Gasteiger partial charge in [0.15, 0.2) is 0 Å². The van der Waals surface area contributed by atoms with Gasteiger partial charge in [-0.25, -0.2) is 8.42 Å². The van der Waals surface area contributed by atoms with Gasteiger partial charge in [-0.1, -0.05) is 30.7 Å². The van der Waals surface area contributed by atoms with Gasteiger partial charge in [-0.05, 0) is 60.7 Å². The summed E-state index contributed by atoms with van der Waals surface area (Å²) >= 11 is 6.23. The maximum Gasteiger partial charge on any atom is 0.255 e. The molecule has 7 nitrogen and oxygen atoms in total. The molecule has 0 aliphatic carbocycles. The smallest absolute Gasteiger partial charge is 0.255 e. The summed E-state index contributed by atoms with van der Waals surface area (Å²) in [6, 6.07) is 13.6. The normalized spacial score (nSPS) is 17.2. The van der Waals surface area contributed by atoms with Crippen molar-refractivity contribution < 1.29 is 13.2 Å². The van der Waals surface area contributed by atoms with Gasteiger partial charge in [-0.3, -0.25) is 9.48 Å². The van der Waals surface area contributed by atoms with Gasteiger partial charge in [0.2, 0.25) is 10.0 Å². The maximum atomic E-state index is 13.2. The number of aromatic nitrogens is 2. The van der Waals surface area contributed by atoms with Gasteiger partial charge in [0.25, 0.3) is 5.91 Å². The number of carbonyl (C=O) groups is 1. The van der Waals surface area contributed by atoms with E-state index in [9.17, 15) is 13.2 Å². The molecule has 1 aliphatic rings. The molecule has 1 saturated heterocycles. The van der Waals surface area contributed by atoms with Crippen LogP contribution >= 0.6 is 11.6 Å². The number of hydrogen-bond donors (Lipinski definition) is 1. The highest BCUT2D eigenvalue weighted by Crippen LogP contribution is 2.29. The fourth-order valence-electron chi connectivity index (χ4n) is 3.82. The van der Waals surface area contributed by atoms with E-state index in [-0.39, 0.29) is 15.5 Å². The van der Waals surface area contributed by atoms with Gasteiger partial charge in [0.05, 0.1) is 11.6 Å². The number of piperidine rings is 1. The molecule has 2 heterocycles. The van der Waals surface area contributed by atoms with Crippen LogP contribution in [-0.4, -0.2) is 41.5 Å². The maximum absolute atomic E-state index is 13.2. The lowest BCUT2D eigenvalue weighted by atomic mass is 10.0. The van der Waals surface area contributed by atoms with Crippen molar-refractivity contribution in [3.8, 4) is 0 Å². The van der Waals surface area contributed by atoms with Crippen molar-refractivity contribution in [1.29, 1.82) is 0 Å². The summed E-state index contributed by atoms with van der Waals surface area (Å²) in [6.45, 7) is 3.59. The molecule has 0 saturated carbocycles. The zero-order valence-electron chi connectivity index (χ0n) is 17.7. The van der Waals surface area contributed by atoms with Crippen LogP contribution in [0.15, 0.2) is 65.8 Å². The van der Waals surface area contributed by atoms with Gasteiger partial charge in [-0.15, -0.1) is 0 Å². The summed E-state index contributed by atoms with van der Waals surface area (Å²) in [5, 5.41) is 7.11. The van der Waals surface area contributed by atoms with E-state index in [1.54, 1.807) is 18.3 Å². The first-order chi connectivity index (χ1) is 15.3. The van der Waals surface area contributed by atoms with Crippen molar-refractivity contribution in [1.82, 2.24) is 14.1 Å². The molecule has 2 aromatic carbocycles. The van der Waals surface area contributed by atoms with Crippen molar-refractivity contribution in [2.45, 2.75) is 31.2 Å². The van der Waals surface area contributed by atoms with Crippen molar-refractivity contribution in [3.63, 3.8) is 0 Å². The zero-order chi connectivity index (χ0) is 22.7. The molecule has 1 atom stereocenters. The Morgan fingerprint density at radius 1 is 1.22 bits per heavy atom. The summed E-state index contributed by atoms with van der Waals surface area (Å²) in [5.74, 6) is -0.106. The number of hydrogen-bond acceptors (Lipinski definition) is 4. The summed E-state index contributed by atoms with van der Waals surface area (Å²) in [5.41, 5.74) is 1.89. The first-order valence-corrected chi connectivity index (χ1v) is 12.3. The van der Waals surface area contributed by atoms with Crippen LogP contribution in [0.25, 0.3) is 0 Å². The van der Waals surface area contributed by atoms with Crippen molar-refractivity contribution in [2.75, 3.05) is 18.4 Å². The van der Waals surface area contributed by atoms with Crippen molar-refractivity contribution >= 4 is 33.2 Å². The van der Waals surface area contributed by atoms with E-state index in [1.165, 1.54) is 22.5 Å².